The van der Waals surface area contributed by atoms with E-state index in [1.807, 2.05) is 11.8 Å². The summed E-state index contributed by atoms with van der Waals surface area (Å²) in [7, 11) is 0. The van der Waals surface area contributed by atoms with Crippen molar-refractivity contribution in [1.82, 2.24) is 10.2 Å². The maximum Gasteiger partial charge on any atom is 0.240 e. The molecule has 2 heterocycles. The van der Waals surface area contributed by atoms with Gasteiger partial charge in [-0.05, 0) is 25.1 Å². The third-order valence-corrected chi connectivity index (χ3v) is 4.18. The molecule has 2 saturated heterocycles. The minimum Gasteiger partial charge on any atom is -0.337 e. The first kappa shape index (κ1) is 10.3. The van der Waals surface area contributed by atoms with Crippen molar-refractivity contribution in [2.75, 3.05) is 24.6 Å². The topological polar surface area (TPSA) is 32.3 Å². The van der Waals surface area contributed by atoms with Crippen LogP contribution in [0, 0.1) is 0 Å². The summed E-state index contributed by atoms with van der Waals surface area (Å²) in [6.45, 7) is 3.91. The number of thioether (sulfide) groups is 1. The van der Waals surface area contributed by atoms with Crippen molar-refractivity contribution in [1.29, 1.82) is 0 Å². The van der Waals surface area contributed by atoms with E-state index in [4.69, 9.17) is 0 Å². The summed E-state index contributed by atoms with van der Waals surface area (Å²) in [5, 5.41) is 3.25. The van der Waals surface area contributed by atoms with Crippen molar-refractivity contribution in [2.24, 2.45) is 0 Å². The first-order chi connectivity index (χ1) is 6.83. The van der Waals surface area contributed by atoms with Crippen LogP contribution in [0.2, 0.25) is 0 Å². The summed E-state index contributed by atoms with van der Waals surface area (Å²) < 4.78 is 0. The lowest BCUT2D eigenvalue weighted by molar-refractivity contribution is -0.130. The molecule has 1 N–H and O–H groups in total. The number of rotatable bonds is 3. The van der Waals surface area contributed by atoms with Crippen LogP contribution in [0.3, 0.4) is 0 Å². The number of nitrogens with zero attached hydrogens (tertiary/aromatic N) is 1. The Morgan fingerprint density at radius 3 is 3.07 bits per heavy atom. The number of hydrogen-bond acceptors (Lipinski definition) is 3. The van der Waals surface area contributed by atoms with Crippen molar-refractivity contribution in [2.45, 2.75) is 31.8 Å². The smallest absolute Gasteiger partial charge is 0.240 e. The predicted molar refractivity (Wildman–Crippen MR) is 59.5 cm³/mol. The molecule has 2 unspecified atom stereocenters. The summed E-state index contributed by atoms with van der Waals surface area (Å²) >= 11 is 1.97. The van der Waals surface area contributed by atoms with Crippen LogP contribution < -0.4 is 5.32 Å². The Morgan fingerprint density at radius 1 is 1.57 bits per heavy atom. The number of amides is 1. The van der Waals surface area contributed by atoms with E-state index in [1.165, 1.54) is 12.2 Å². The first-order valence-corrected chi connectivity index (χ1v) is 6.60. The molecule has 0 bridgehead atoms. The van der Waals surface area contributed by atoms with Crippen molar-refractivity contribution >= 4 is 17.7 Å². The van der Waals surface area contributed by atoms with Gasteiger partial charge in [-0.2, -0.15) is 11.8 Å². The standard InChI is InChI=1S/C10H18N2OS/c1-2-11-9-3-5-12(10(9)13)8-4-6-14-7-8/h8-9,11H,2-7H2,1H3. The van der Waals surface area contributed by atoms with Crippen LogP contribution in [0.15, 0.2) is 0 Å². The molecule has 0 aliphatic carbocycles. The van der Waals surface area contributed by atoms with Gasteiger partial charge in [-0.15, -0.1) is 0 Å². The molecule has 2 fully saturated rings. The van der Waals surface area contributed by atoms with Crippen molar-refractivity contribution in [3.8, 4) is 0 Å². The van der Waals surface area contributed by atoms with Crippen LogP contribution in [0.5, 0.6) is 0 Å². The predicted octanol–water partition coefficient (Wildman–Crippen LogP) is 0.702. The van der Waals surface area contributed by atoms with Crippen LogP contribution >= 0.6 is 11.8 Å². The number of hydrogen-bond donors (Lipinski definition) is 1. The highest BCUT2D eigenvalue weighted by Gasteiger charge is 2.36. The van der Waals surface area contributed by atoms with Gasteiger partial charge in [-0.1, -0.05) is 6.92 Å². The van der Waals surface area contributed by atoms with E-state index in [9.17, 15) is 4.79 Å². The monoisotopic (exact) mass is 214 g/mol. The van der Waals surface area contributed by atoms with Crippen molar-refractivity contribution < 1.29 is 4.79 Å². The lowest BCUT2D eigenvalue weighted by Gasteiger charge is -2.23. The highest BCUT2D eigenvalue weighted by Crippen LogP contribution is 2.26. The molecule has 2 aliphatic heterocycles. The zero-order valence-corrected chi connectivity index (χ0v) is 9.48. The van der Waals surface area contributed by atoms with E-state index < -0.39 is 0 Å². The average Bonchev–Trinajstić information content (AvgIpc) is 2.77. The molecule has 2 rings (SSSR count). The second-order valence-corrected chi connectivity index (χ2v) is 5.10. The van der Waals surface area contributed by atoms with Crippen LogP contribution in [-0.4, -0.2) is 47.5 Å². The Balaban J connectivity index is 1.92. The van der Waals surface area contributed by atoms with Gasteiger partial charge in [-0.3, -0.25) is 4.79 Å². The Kier molecular flexibility index (Phi) is 3.34. The van der Waals surface area contributed by atoms with Gasteiger partial charge < -0.3 is 10.2 Å². The molecule has 0 aromatic rings. The molecule has 0 spiro atoms. The quantitative estimate of drug-likeness (QED) is 0.750. The molecular formula is C10H18N2OS. The highest BCUT2D eigenvalue weighted by molar-refractivity contribution is 7.99. The van der Waals surface area contributed by atoms with E-state index in [-0.39, 0.29) is 6.04 Å². The largest absolute Gasteiger partial charge is 0.337 e. The zero-order valence-electron chi connectivity index (χ0n) is 8.66. The number of likely N-dealkylation sites (N-methyl/N-ethyl adjacent to an activating group) is 1. The number of carbonyl (C=O) groups is 1. The van der Waals surface area contributed by atoms with Gasteiger partial charge in [0.05, 0.1) is 6.04 Å². The first-order valence-electron chi connectivity index (χ1n) is 5.44. The molecule has 1 amide bonds. The van der Waals surface area contributed by atoms with Gasteiger partial charge in [0, 0.05) is 18.3 Å². The average molecular weight is 214 g/mol. The zero-order chi connectivity index (χ0) is 9.97. The van der Waals surface area contributed by atoms with Crippen LogP contribution in [0.25, 0.3) is 0 Å². The molecule has 2 atom stereocenters. The Hall–Kier alpha value is -0.220. The van der Waals surface area contributed by atoms with Gasteiger partial charge in [0.15, 0.2) is 0 Å². The van der Waals surface area contributed by atoms with Gasteiger partial charge in [0.1, 0.15) is 0 Å². The van der Waals surface area contributed by atoms with Crippen molar-refractivity contribution in [3.05, 3.63) is 0 Å². The third kappa shape index (κ3) is 1.91. The summed E-state index contributed by atoms with van der Waals surface area (Å²) in [6, 6.07) is 0.627. The summed E-state index contributed by atoms with van der Waals surface area (Å²) in [6.07, 6.45) is 2.18. The van der Waals surface area contributed by atoms with E-state index >= 15 is 0 Å². The molecule has 4 heteroatoms. The molecule has 3 nitrogen and oxygen atoms in total. The SMILES string of the molecule is CCNC1CCN(C2CCSC2)C1=O. The Morgan fingerprint density at radius 2 is 2.43 bits per heavy atom. The minimum absolute atomic E-state index is 0.102. The van der Waals surface area contributed by atoms with E-state index in [0.29, 0.717) is 11.9 Å². The van der Waals surface area contributed by atoms with E-state index in [2.05, 4.69) is 17.1 Å². The molecule has 0 aromatic carbocycles. The lowest BCUT2D eigenvalue weighted by Crippen LogP contribution is -2.42. The second-order valence-electron chi connectivity index (χ2n) is 3.95. The molecule has 0 saturated carbocycles. The molecule has 0 radical (unpaired) electrons. The maximum absolute atomic E-state index is 11.9. The Labute approximate surface area is 89.6 Å². The van der Waals surface area contributed by atoms with Crippen LogP contribution in [-0.2, 0) is 4.79 Å². The Bertz CT molecular complexity index is 216. The normalized spacial score (nSPS) is 32.9. The number of nitrogens with one attached hydrogen (secondary N) is 1. The van der Waals surface area contributed by atoms with Gasteiger partial charge in [-0.25, -0.2) is 0 Å². The molecule has 2 aliphatic rings. The van der Waals surface area contributed by atoms with Crippen molar-refractivity contribution in [3.63, 3.8) is 0 Å². The number of carbonyl (C=O) groups excluding carboxylic acids is 1. The fourth-order valence-electron chi connectivity index (χ4n) is 2.27. The van der Waals surface area contributed by atoms with Crippen LogP contribution in [0.1, 0.15) is 19.8 Å². The lowest BCUT2D eigenvalue weighted by atomic mass is 10.2. The molecule has 80 valence electrons. The van der Waals surface area contributed by atoms with Gasteiger partial charge in [0.25, 0.3) is 0 Å². The minimum atomic E-state index is 0.102. The number of likely N-dealkylation sites (tertiary alicyclic amines) is 1. The molecule has 0 aromatic heterocycles. The fourth-order valence-corrected chi connectivity index (χ4v) is 3.49. The summed E-state index contributed by atoms with van der Waals surface area (Å²) in [5.74, 6) is 2.70. The highest BCUT2D eigenvalue weighted by atomic mass is 32.2. The maximum atomic E-state index is 11.9. The van der Waals surface area contributed by atoms with Gasteiger partial charge in [0.2, 0.25) is 5.91 Å². The molecular weight excluding hydrogens is 196 g/mol. The van der Waals surface area contributed by atoms with Gasteiger partial charge >= 0.3 is 0 Å². The van der Waals surface area contributed by atoms with E-state index in [0.717, 1.165) is 25.3 Å². The van der Waals surface area contributed by atoms with E-state index in [1.54, 1.807) is 0 Å². The third-order valence-electron chi connectivity index (χ3n) is 3.04. The molecule has 14 heavy (non-hydrogen) atoms. The summed E-state index contributed by atoms with van der Waals surface area (Å²) in [5.41, 5.74) is 0. The fraction of sp³-hybridized carbons (Fsp3) is 0.900. The van der Waals surface area contributed by atoms with Crippen LogP contribution in [0.4, 0.5) is 0 Å². The summed E-state index contributed by atoms with van der Waals surface area (Å²) in [4.78, 5) is 14.0. The second kappa shape index (κ2) is 4.53.